The topological polar surface area (TPSA) is 41.6 Å². The summed E-state index contributed by atoms with van der Waals surface area (Å²) in [5.41, 5.74) is 2.46. The average Bonchev–Trinajstić information content (AvgIpc) is 3.35. The van der Waals surface area contributed by atoms with E-state index in [1.54, 1.807) is 7.11 Å². The van der Waals surface area contributed by atoms with Crippen molar-refractivity contribution < 1.29 is 9.53 Å². The van der Waals surface area contributed by atoms with Crippen LogP contribution in [0, 0.1) is 5.92 Å². The van der Waals surface area contributed by atoms with Crippen LogP contribution in [0.4, 0.5) is 0 Å². The van der Waals surface area contributed by atoms with Gasteiger partial charge in [0.1, 0.15) is 5.75 Å². The van der Waals surface area contributed by atoms with Gasteiger partial charge in [-0.25, -0.2) is 0 Å². The molecule has 5 heteroatoms. The van der Waals surface area contributed by atoms with E-state index in [0.717, 1.165) is 29.7 Å². The SMILES string of the molecule is COc1cccc(C(CNC(=O)C2CC2c2cccc(Br)c2)N2CCCC2)c1. The summed E-state index contributed by atoms with van der Waals surface area (Å²) in [6.07, 6.45) is 3.39. The van der Waals surface area contributed by atoms with Crippen molar-refractivity contribution in [2.75, 3.05) is 26.7 Å². The highest BCUT2D eigenvalue weighted by Gasteiger charge is 2.44. The molecule has 1 heterocycles. The zero-order valence-corrected chi connectivity index (χ0v) is 17.8. The van der Waals surface area contributed by atoms with Crippen molar-refractivity contribution in [3.63, 3.8) is 0 Å². The van der Waals surface area contributed by atoms with Crippen molar-refractivity contribution in [1.29, 1.82) is 0 Å². The van der Waals surface area contributed by atoms with Crippen LogP contribution in [0.1, 0.15) is 42.3 Å². The molecular formula is C23H27BrN2O2. The molecule has 3 atom stereocenters. The Bertz CT molecular complexity index is 835. The Morgan fingerprint density at radius 2 is 2.00 bits per heavy atom. The van der Waals surface area contributed by atoms with Gasteiger partial charge in [0, 0.05) is 16.9 Å². The number of amides is 1. The Hall–Kier alpha value is -1.85. The predicted molar refractivity (Wildman–Crippen MR) is 115 cm³/mol. The summed E-state index contributed by atoms with van der Waals surface area (Å²) in [7, 11) is 1.70. The minimum atomic E-state index is 0.0961. The summed E-state index contributed by atoms with van der Waals surface area (Å²) in [5.74, 6) is 1.49. The molecule has 1 N–H and O–H groups in total. The van der Waals surface area contributed by atoms with Crippen LogP contribution in [0.25, 0.3) is 0 Å². The van der Waals surface area contributed by atoms with Gasteiger partial charge in [-0.1, -0.05) is 40.2 Å². The maximum absolute atomic E-state index is 12.8. The maximum atomic E-state index is 12.8. The van der Waals surface area contributed by atoms with Gasteiger partial charge < -0.3 is 10.1 Å². The van der Waals surface area contributed by atoms with E-state index in [9.17, 15) is 4.79 Å². The number of hydrogen-bond donors (Lipinski definition) is 1. The summed E-state index contributed by atoms with van der Waals surface area (Å²) in [5, 5.41) is 3.24. The van der Waals surface area contributed by atoms with Crippen LogP contribution in [0.5, 0.6) is 5.75 Å². The molecule has 2 fully saturated rings. The highest BCUT2D eigenvalue weighted by molar-refractivity contribution is 9.10. The van der Waals surface area contributed by atoms with Crippen LogP contribution in [0.15, 0.2) is 53.0 Å². The van der Waals surface area contributed by atoms with Crippen LogP contribution >= 0.6 is 15.9 Å². The Morgan fingerprint density at radius 3 is 2.75 bits per heavy atom. The van der Waals surface area contributed by atoms with Crippen molar-refractivity contribution >= 4 is 21.8 Å². The van der Waals surface area contributed by atoms with E-state index < -0.39 is 0 Å². The second-order valence-electron chi connectivity index (χ2n) is 7.78. The predicted octanol–water partition coefficient (Wildman–Crippen LogP) is 4.51. The molecule has 1 amide bonds. The van der Waals surface area contributed by atoms with Gasteiger partial charge in [0.2, 0.25) is 5.91 Å². The third-order valence-corrected chi connectivity index (χ3v) is 6.43. The molecule has 148 valence electrons. The van der Waals surface area contributed by atoms with Crippen LogP contribution in [0.3, 0.4) is 0 Å². The summed E-state index contributed by atoms with van der Waals surface area (Å²) < 4.78 is 6.48. The zero-order chi connectivity index (χ0) is 19.5. The number of methoxy groups -OCH3 is 1. The first-order chi connectivity index (χ1) is 13.7. The van der Waals surface area contributed by atoms with E-state index in [1.807, 2.05) is 24.3 Å². The molecule has 1 saturated heterocycles. The Morgan fingerprint density at radius 1 is 1.21 bits per heavy atom. The number of rotatable bonds is 7. The van der Waals surface area contributed by atoms with E-state index in [1.165, 1.54) is 24.0 Å². The molecule has 0 bridgehead atoms. The molecule has 1 saturated carbocycles. The van der Waals surface area contributed by atoms with Crippen molar-refractivity contribution in [1.82, 2.24) is 10.2 Å². The summed E-state index contributed by atoms with van der Waals surface area (Å²) in [4.78, 5) is 15.3. The number of likely N-dealkylation sites (tertiary alicyclic amines) is 1. The van der Waals surface area contributed by atoms with Gasteiger partial charge in [-0.15, -0.1) is 0 Å². The normalized spacial score (nSPS) is 22.6. The third kappa shape index (κ3) is 4.41. The van der Waals surface area contributed by atoms with Crippen molar-refractivity contribution in [2.45, 2.75) is 31.2 Å². The molecule has 2 aliphatic rings. The van der Waals surface area contributed by atoms with Crippen LogP contribution in [-0.4, -0.2) is 37.6 Å². The van der Waals surface area contributed by atoms with Gasteiger partial charge in [-0.2, -0.15) is 0 Å². The third-order valence-electron chi connectivity index (χ3n) is 5.93. The fourth-order valence-corrected chi connectivity index (χ4v) is 4.70. The lowest BCUT2D eigenvalue weighted by Gasteiger charge is -2.28. The van der Waals surface area contributed by atoms with Crippen LogP contribution in [-0.2, 0) is 4.79 Å². The van der Waals surface area contributed by atoms with Crippen LogP contribution < -0.4 is 10.1 Å². The van der Waals surface area contributed by atoms with E-state index in [0.29, 0.717) is 12.5 Å². The number of benzene rings is 2. The van der Waals surface area contributed by atoms with E-state index in [-0.39, 0.29) is 17.9 Å². The number of nitrogens with one attached hydrogen (secondary N) is 1. The summed E-state index contributed by atoms with van der Waals surface area (Å²) in [6.45, 7) is 2.82. The average molecular weight is 443 g/mol. The standard InChI is InChI=1S/C23H27BrN2O2/c1-28-19-9-5-7-17(13-19)22(26-10-2-3-11-26)15-25-23(27)21-14-20(21)16-6-4-8-18(24)12-16/h4-9,12-13,20-22H,2-3,10-11,14-15H2,1H3,(H,25,27). The number of halogens is 1. The Labute approximate surface area is 175 Å². The second-order valence-corrected chi connectivity index (χ2v) is 8.70. The largest absolute Gasteiger partial charge is 0.497 e. The number of carbonyl (C=O) groups is 1. The minimum absolute atomic E-state index is 0.0961. The lowest BCUT2D eigenvalue weighted by molar-refractivity contribution is -0.122. The highest BCUT2D eigenvalue weighted by atomic mass is 79.9. The highest BCUT2D eigenvalue weighted by Crippen LogP contribution is 2.48. The van der Waals surface area contributed by atoms with Crippen molar-refractivity contribution in [2.24, 2.45) is 5.92 Å². The van der Waals surface area contributed by atoms with Crippen LogP contribution in [0.2, 0.25) is 0 Å². The first-order valence-corrected chi connectivity index (χ1v) is 10.9. The molecule has 0 aromatic heterocycles. The molecule has 0 radical (unpaired) electrons. The van der Waals surface area contributed by atoms with Gasteiger partial charge in [-0.3, -0.25) is 9.69 Å². The zero-order valence-electron chi connectivity index (χ0n) is 16.2. The van der Waals surface area contributed by atoms with Gasteiger partial charge in [0.25, 0.3) is 0 Å². The summed E-state index contributed by atoms with van der Waals surface area (Å²) in [6, 6.07) is 16.7. The first-order valence-electron chi connectivity index (χ1n) is 10.1. The molecule has 1 aliphatic heterocycles. The smallest absolute Gasteiger partial charge is 0.223 e. The molecular weight excluding hydrogens is 416 g/mol. The molecule has 28 heavy (non-hydrogen) atoms. The Balaban J connectivity index is 1.41. The molecule has 4 nitrogen and oxygen atoms in total. The molecule has 0 spiro atoms. The quantitative estimate of drug-likeness (QED) is 0.685. The van der Waals surface area contributed by atoms with E-state index in [2.05, 4.69) is 50.4 Å². The summed E-state index contributed by atoms with van der Waals surface area (Å²) >= 11 is 3.52. The lowest BCUT2D eigenvalue weighted by atomic mass is 10.0. The number of ether oxygens (including phenoxy) is 1. The number of hydrogen-bond acceptors (Lipinski definition) is 3. The molecule has 1 aliphatic carbocycles. The van der Waals surface area contributed by atoms with Crippen molar-refractivity contribution in [3.05, 3.63) is 64.1 Å². The first kappa shape index (κ1) is 19.5. The fourth-order valence-electron chi connectivity index (χ4n) is 4.28. The number of nitrogens with zero attached hydrogens (tertiary/aromatic N) is 1. The van der Waals surface area contributed by atoms with Gasteiger partial charge in [-0.05, 0) is 73.7 Å². The maximum Gasteiger partial charge on any atom is 0.223 e. The van der Waals surface area contributed by atoms with E-state index >= 15 is 0 Å². The molecule has 2 aromatic carbocycles. The fraction of sp³-hybridized carbons (Fsp3) is 0.435. The second kappa shape index (κ2) is 8.66. The lowest BCUT2D eigenvalue weighted by Crippen LogP contribution is -2.37. The van der Waals surface area contributed by atoms with Gasteiger partial charge in [0.05, 0.1) is 13.2 Å². The van der Waals surface area contributed by atoms with Gasteiger partial charge >= 0.3 is 0 Å². The molecule has 2 aromatic rings. The molecule has 3 unspecified atom stereocenters. The monoisotopic (exact) mass is 442 g/mol. The minimum Gasteiger partial charge on any atom is -0.497 e. The molecule has 4 rings (SSSR count). The van der Waals surface area contributed by atoms with Crippen molar-refractivity contribution in [3.8, 4) is 5.75 Å². The van der Waals surface area contributed by atoms with Gasteiger partial charge in [0.15, 0.2) is 0 Å². The van der Waals surface area contributed by atoms with E-state index in [4.69, 9.17) is 4.74 Å². The Kier molecular flexibility index (Phi) is 6.02. The number of carbonyl (C=O) groups excluding carboxylic acids is 1.